The molecule has 0 saturated heterocycles. The Morgan fingerprint density at radius 3 is 2.44 bits per heavy atom. The number of carbonyl (C=O) groups excluding carboxylic acids is 1. The second-order valence-corrected chi connectivity index (χ2v) is 7.19. The lowest BCUT2D eigenvalue weighted by Crippen LogP contribution is -2.37. The maximum atomic E-state index is 13.1. The molecule has 2 aromatic carbocycles. The molecule has 1 heterocycles. The number of benzene rings is 2. The van der Waals surface area contributed by atoms with Crippen LogP contribution in [0.15, 0.2) is 47.3 Å². The molecule has 10 nitrogen and oxygen atoms in total. The van der Waals surface area contributed by atoms with Crippen molar-refractivity contribution in [2.24, 2.45) is 0 Å². The van der Waals surface area contributed by atoms with E-state index in [0.717, 1.165) is 4.57 Å². The summed E-state index contributed by atoms with van der Waals surface area (Å²) in [5.74, 6) is -3.95. The van der Waals surface area contributed by atoms with Crippen molar-refractivity contribution in [3.05, 3.63) is 80.4 Å². The monoisotopic (exact) mass is 459 g/mol. The molecule has 0 saturated carbocycles. The molecule has 0 bridgehead atoms. The first kappa shape index (κ1) is 22.6. The number of carboxylic acid groups (broad SMARTS) is 1. The molecule has 0 aliphatic rings. The highest BCUT2D eigenvalue weighted by molar-refractivity contribution is 6.31. The number of carbonyl (C=O) groups is 2. The van der Waals surface area contributed by atoms with Crippen LogP contribution in [0, 0.1) is 0 Å². The molecule has 32 heavy (non-hydrogen) atoms. The highest BCUT2D eigenvalue weighted by Crippen LogP contribution is 2.26. The number of hydrogen-bond acceptors (Lipinski definition) is 7. The van der Waals surface area contributed by atoms with Gasteiger partial charge in [0, 0.05) is 11.4 Å². The summed E-state index contributed by atoms with van der Waals surface area (Å²) in [6.45, 7) is -0.846. The van der Waals surface area contributed by atoms with Gasteiger partial charge in [0.25, 0.3) is 11.5 Å². The summed E-state index contributed by atoms with van der Waals surface area (Å²) in [5.41, 5.74) is -0.619. The smallest absolute Gasteiger partial charge is 0.322 e. The molecule has 0 fully saturated rings. The molecule has 0 radical (unpaired) electrons. The zero-order valence-corrected chi connectivity index (χ0v) is 17.2. The largest absolute Gasteiger partial charge is 0.504 e. The van der Waals surface area contributed by atoms with E-state index in [9.17, 15) is 29.7 Å². The van der Waals surface area contributed by atoms with Gasteiger partial charge in [-0.3, -0.25) is 19.0 Å². The average molecular weight is 460 g/mol. The summed E-state index contributed by atoms with van der Waals surface area (Å²) in [5, 5.41) is 40.7. The Hall–Kier alpha value is -4.05. The van der Waals surface area contributed by atoms with Crippen LogP contribution in [0.1, 0.15) is 27.3 Å². The van der Waals surface area contributed by atoms with E-state index in [1.54, 1.807) is 24.3 Å². The minimum atomic E-state index is -1.33. The number of hydrogen-bond donors (Lipinski definition) is 5. The number of amides is 1. The summed E-state index contributed by atoms with van der Waals surface area (Å²) in [6, 6.07) is 10.7. The third-order valence-electron chi connectivity index (χ3n) is 4.54. The zero-order valence-electron chi connectivity index (χ0n) is 16.4. The van der Waals surface area contributed by atoms with Gasteiger partial charge in [-0.25, -0.2) is 0 Å². The van der Waals surface area contributed by atoms with Gasteiger partial charge in [-0.05, 0) is 29.3 Å². The van der Waals surface area contributed by atoms with Crippen molar-refractivity contribution in [2.45, 2.75) is 13.0 Å². The third-order valence-corrected chi connectivity index (χ3v) is 4.91. The van der Waals surface area contributed by atoms with Crippen molar-refractivity contribution in [3.8, 4) is 17.4 Å². The van der Waals surface area contributed by atoms with Gasteiger partial charge < -0.3 is 25.7 Å². The van der Waals surface area contributed by atoms with Crippen LogP contribution in [0.4, 0.5) is 0 Å². The van der Waals surface area contributed by atoms with Crippen LogP contribution >= 0.6 is 11.6 Å². The molecule has 3 aromatic rings. The number of aromatic nitrogens is 2. The first-order valence-electron chi connectivity index (χ1n) is 9.24. The minimum absolute atomic E-state index is 0.0435. The van der Waals surface area contributed by atoms with Crippen molar-refractivity contribution in [1.82, 2.24) is 14.9 Å². The molecule has 1 aromatic heterocycles. The van der Waals surface area contributed by atoms with Crippen LogP contribution in [0.25, 0.3) is 0 Å². The molecule has 166 valence electrons. The van der Waals surface area contributed by atoms with Crippen LogP contribution in [0.5, 0.6) is 17.4 Å². The van der Waals surface area contributed by atoms with Gasteiger partial charge in [0.05, 0.1) is 6.54 Å². The number of aromatic hydroxyl groups is 3. The fourth-order valence-electron chi connectivity index (χ4n) is 2.99. The maximum absolute atomic E-state index is 13.1. The predicted molar refractivity (Wildman–Crippen MR) is 113 cm³/mol. The van der Waals surface area contributed by atoms with Crippen LogP contribution in [0.3, 0.4) is 0 Å². The van der Waals surface area contributed by atoms with Crippen molar-refractivity contribution in [2.75, 3.05) is 6.54 Å². The van der Waals surface area contributed by atoms with Crippen molar-refractivity contribution < 1.29 is 30.0 Å². The number of nitrogens with one attached hydrogen (secondary N) is 1. The highest BCUT2D eigenvalue weighted by atomic mass is 35.5. The number of phenols is 2. The van der Waals surface area contributed by atoms with Crippen molar-refractivity contribution >= 4 is 23.5 Å². The van der Waals surface area contributed by atoms with E-state index in [0.29, 0.717) is 16.1 Å². The Bertz CT molecular complexity index is 1260. The number of halogens is 1. The van der Waals surface area contributed by atoms with E-state index in [1.165, 1.54) is 18.2 Å². The van der Waals surface area contributed by atoms with Crippen LogP contribution in [-0.4, -0.2) is 48.4 Å². The molecule has 0 atom stereocenters. The first-order chi connectivity index (χ1) is 15.2. The molecule has 5 N–H and O–H groups in total. The quantitative estimate of drug-likeness (QED) is 0.332. The van der Waals surface area contributed by atoms with E-state index in [4.69, 9.17) is 16.7 Å². The normalized spacial score (nSPS) is 10.7. The second kappa shape index (κ2) is 9.40. The lowest BCUT2D eigenvalue weighted by molar-refractivity contribution is -0.135. The van der Waals surface area contributed by atoms with Gasteiger partial charge in [-0.15, -0.1) is 0 Å². The number of phenolic OH excluding ortho intramolecular Hbond substituents is 2. The summed E-state index contributed by atoms with van der Waals surface area (Å²) in [4.78, 5) is 40.2. The molecule has 3 rings (SSSR count). The summed E-state index contributed by atoms with van der Waals surface area (Å²) >= 11 is 6.20. The second-order valence-electron chi connectivity index (χ2n) is 6.79. The minimum Gasteiger partial charge on any atom is -0.504 e. The van der Waals surface area contributed by atoms with Crippen LogP contribution in [0.2, 0.25) is 5.02 Å². The average Bonchev–Trinajstić information content (AvgIpc) is 2.73. The molecule has 0 spiro atoms. The number of carboxylic acids is 1. The molecule has 0 unspecified atom stereocenters. The van der Waals surface area contributed by atoms with E-state index >= 15 is 0 Å². The van der Waals surface area contributed by atoms with E-state index < -0.39 is 35.4 Å². The molecule has 0 aliphatic heterocycles. The van der Waals surface area contributed by atoms with Gasteiger partial charge in [0.1, 0.15) is 12.4 Å². The van der Waals surface area contributed by atoms with Gasteiger partial charge in [-0.1, -0.05) is 35.9 Å². The summed E-state index contributed by atoms with van der Waals surface area (Å²) < 4.78 is 1.13. The topological polar surface area (TPSA) is 162 Å². The zero-order chi connectivity index (χ0) is 23.4. The Balaban J connectivity index is 2.11. The molecule has 11 heteroatoms. The van der Waals surface area contributed by atoms with Crippen molar-refractivity contribution in [1.29, 1.82) is 0 Å². The Morgan fingerprint density at radius 2 is 1.78 bits per heavy atom. The highest BCUT2D eigenvalue weighted by Gasteiger charge is 2.23. The lowest BCUT2D eigenvalue weighted by Gasteiger charge is -2.16. The van der Waals surface area contributed by atoms with E-state index in [-0.39, 0.29) is 30.3 Å². The van der Waals surface area contributed by atoms with Gasteiger partial charge in [-0.2, -0.15) is 4.98 Å². The number of rotatable bonds is 7. The predicted octanol–water partition coefficient (Wildman–Crippen LogP) is 1.47. The Labute approximate surface area is 186 Å². The number of nitrogens with zero attached hydrogens (tertiary/aromatic N) is 2. The Morgan fingerprint density at radius 1 is 1.06 bits per heavy atom. The third kappa shape index (κ3) is 4.98. The van der Waals surface area contributed by atoms with Crippen LogP contribution < -0.4 is 10.9 Å². The molecular formula is C21H18ClN3O7. The Kier molecular flexibility index (Phi) is 6.64. The maximum Gasteiger partial charge on any atom is 0.322 e. The van der Waals surface area contributed by atoms with Crippen LogP contribution in [-0.2, 0) is 17.8 Å². The van der Waals surface area contributed by atoms with Gasteiger partial charge in [0.2, 0.25) is 5.88 Å². The summed E-state index contributed by atoms with van der Waals surface area (Å²) in [6.07, 6.45) is -0.0435. The standard InChI is InChI=1S/C21H18ClN3O7/c22-13-4-2-1-3-12(13)10-25-16(8-11-5-6-14(26)15(27)7-11)24-20(31)18(21(25)32)19(30)23-9-17(28)29/h1-7,26-27,31H,8-10H2,(H,23,30)(H,28,29). The van der Waals surface area contributed by atoms with E-state index in [1.807, 2.05) is 5.32 Å². The van der Waals surface area contributed by atoms with Crippen molar-refractivity contribution in [3.63, 3.8) is 0 Å². The molecule has 0 aliphatic carbocycles. The SMILES string of the molecule is O=C(O)CNC(=O)c1c(O)nc(Cc2ccc(O)c(O)c2)n(Cc2ccccc2Cl)c1=O. The fourth-order valence-corrected chi connectivity index (χ4v) is 3.18. The van der Waals surface area contributed by atoms with Gasteiger partial charge >= 0.3 is 5.97 Å². The molecule has 1 amide bonds. The summed E-state index contributed by atoms with van der Waals surface area (Å²) in [7, 11) is 0. The number of aliphatic carboxylic acids is 1. The first-order valence-corrected chi connectivity index (χ1v) is 9.62. The van der Waals surface area contributed by atoms with E-state index in [2.05, 4.69) is 4.98 Å². The molecular weight excluding hydrogens is 442 g/mol. The lowest BCUT2D eigenvalue weighted by atomic mass is 10.1. The fraction of sp³-hybridized carbons (Fsp3) is 0.143. The van der Waals surface area contributed by atoms with Gasteiger partial charge in [0.15, 0.2) is 17.1 Å².